The number of piperazine rings is 1. The Kier molecular flexibility index (Phi) is 8.11. The molecule has 8 nitrogen and oxygen atoms in total. The standard InChI is InChI=1S/C22H27ClN4O4S/c1-25(32(30,31)20-9-7-18(23)8-10-20)17-21(28)24-12-11-22(29)27-15-13-26(14-16-27)19-5-3-2-4-6-19/h2-10H,11-17H2,1H3,(H,24,28). The molecule has 0 bridgehead atoms. The second-order valence-corrected chi connectivity index (χ2v) is 10.00. The molecule has 2 amide bonds. The molecule has 0 aromatic heterocycles. The van der Waals surface area contributed by atoms with Gasteiger partial charge in [-0.3, -0.25) is 9.59 Å². The lowest BCUT2D eigenvalue weighted by atomic mass is 10.2. The van der Waals surface area contributed by atoms with E-state index in [1.807, 2.05) is 18.2 Å². The minimum absolute atomic E-state index is 0.0276. The van der Waals surface area contributed by atoms with Crippen LogP contribution in [0.5, 0.6) is 0 Å². The summed E-state index contributed by atoms with van der Waals surface area (Å²) in [6, 6.07) is 15.8. The highest BCUT2D eigenvalue weighted by Crippen LogP contribution is 2.17. The van der Waals surface area contributed by atoms with Gasteiger partial charge in [0.05, 0.1) is 11.4 Å². The molecule has 172 valence electrons. The molecule has 32 heavy (non-hydrogen) atoms. The Hall–Kier alpha value is -2.62. The number of carbonyl (C=O) groups is 2. The van der Waals surface area contributed by atoms with E-state index < -0.39 is 15.9 Å². The smallest absolute Gasteiger partial charge is 0.243 e. The molecule has 1 N–H and O–H groups in total. The largest absolute Gasteiger partial charge is 0.368 e. The molecule has 0 radical (unpaired) electrons. The van der Waals surface area contributed by atoms with Crippen molar-refractivity contribution >= 4 is 39.1 Å². The summed E-state index contributed by atoms with van der Waals surface area (Å²) in [5, 5.41) is 3.05. The molecule has 1 saturated heterocycles. The maximum atomic E-state index is 12.5. The highest BCUT2D eigenvalue weighted by molar-refractivity contribution is 7.89. The Morgan fingerprint density at radius 2 is 1.62 bits per heavy atom. The van der Waals surface area contributed by atoms with Gasteiger partial charge in [0, 0.05) is 56.9 Å². The molecule has 1 fully saturated rings. The number of para-hydroxylation sites is 1. The van der Waals surface area contributed by atoms with Gasteiger partial charge in [-0.25, -0.2) is 8.42 Å². The summed E-state index contributed by atoms with van der Waals surface area (Å²) in [6.07, 6.45) is 0.171. The molecule has 2 aromatic carbocycles. The predicted octanol–water partition coefficient (Wildman–Crippen LogP) is 1.82. The normalized spacial score (nSPS) is 14.5. The third kappa shape index (κ3) is 6.21. The molecule has 0 saturated carbocycles. The SMILES string of the molecule is CN(CC(=O)NCCC(=O)N1CCN(c2ccccc2)CC1)S(=O)(=O)c1ccc(Cl)cc1. The van der Waals surface area contributed by atoms with E-state index in [1.165, 1.54) is 31.3 Å². The Labute approximate surface area is 193 Å². The molecule has 2 aromatic rings. The molecule has 0 unspecified atom stereocenters. The Bertz CT molecular complexity index is 1020. The predicted molar refractivity (Wildman–Crippen MR) is 124 cm³/mol. The minimum Gasteiger partial charge on any atom is -0.368 e. The first-order valence-electron chi connectivity index (χ1n) is 10.3. The molecule has 3 rings (SSSR count). The van der Waals surface area contributed by atoms with Crippen molar-refractivity contribution in [3.8, 4) is 0 Å². The van der Waals surface area contributed by atoms with Crippen molar-refractivity contribution in [3.05, 3.63) is 59.6 Å². The van der Waals surface area contributed by atoms with E-state index in [4.69, 9.17) is 11.6 Å². The van der Waals surface area contributed by atoms with Crippen LogP contribution in [0.4, 0.5) is 5.69 Å². The van der Waals surface area contributed by atoms with E-state index in [9.17, 15) is 18.0 Å². The number of anilines is 1. The number of likely N-dealkylation sites (N-methyl/N-ethyl adjacent to an activating group) is 1. The van der Waals surface area contributed by atoms with Gasteiger partial charge >= 0.3 is 0 Å². The Morgan fingerprint density at radius 3 is 2.25 bits per heavy atom. The van der Waals surface area contributed by atoms with Gasteiger partial charge in [0.2, 0.25) is 21.8 Å². The number of halogens is 1. The number of rotatable bonds is 8. The second-order valence-electron chi connectivity index (χ2n) is 7.52. The summed E-state index contributed by atoms with van der Waals surface area (Å²) in [6.45, 7) is 2.60. The van der Waals surface area contributed by atoms with Crippen molar-refractivity contribution in [2.75, 3.05) is 51.2 Å². The van der Waals surface area contributed by atoms with Crippen molar-refractivity contribution in [3.63, 3.8) is 0 Å². The van der Waals surface area contributed by atoms with Crippen molar-refractivity contribution < 1.29 is 18.0 Å². The van der Waals surface area contributed by atoms with E-state index in [1.54, 1.807) is 4.90 Å². The summed E-state index contributed by atoms with van der Waals surface area (Å²) in [5.41, 5.74) is 1.14. The number of amides is 2. The molecule has 0 aliphatic carbocycles. The van der Waals surface area contributed by atoms with Crippen molar-refractivity contribution in [1.82, 2.24) is 14.5 Å². The number of nitrogens with one attached hydrogen (secondary N) is 1. The lowest BCUT2D eigenvalue weighted by Crippen LogP contribution is -2.49. The van der Waals surface area contributed by atoms with Gasteiger partial charge in [-0.15, -0.1) is 0 Å². The Balaban J connectivity index is 1.40. The number of sulfonamides is 1. The van der Waals surface area contributed by atoms with Gasteiger partial charge in [0.15, 0.2) is 0 Å². The third-order valence-electron chi connectivity index (χ3n) is 5.30. The molecular formula is C22H27ClN4O4S. The lowest BCUT2D eigenvalue weighted by molar-refractivity contribution is -0.131. The molecule has 1 aliphatic rings. The van der Waals surface area contributed by atoms with Crippen LogP contribution < -0.4 is 10.2 Å². The first-order valence-corrected chi connectivity index (χ1v) is 12.2. The van der Waals surface area contributed by atoms with Crippen molar-refractivity contribution in [2.45, 2.75) is 11.3 Å². The summed E-state index contributed by atoms with van der Waals surface area (Å²) in [5.74, 6) is -0.494. The maximum Gasteiger partial charge on any atom is 0.243 e. The van der Waals surface area contributed by atoms with Crippen LogP contribution in [0, 0.1) is 0 Å². The van der Waals surface area contributed by atoms with Crippen LogP contribution in [0.1, 0.15) is 6.42 Å². The monoisotopic (exact) mass is 478 g/mol. The summed E-state index contributed by atoms with van der Waals surface area (Å²) in [7, 11) is -2.47. The summed E-state index contributed by atoms with van der Waals surface area (Å²) < 4.78 is 26.0. The zero-order chi connectivity index (χ0) is 23.1. The molecular weight excluding hydrogens is 452 g/mol. The number of nitrogens with zero attached hydrogens (tertiary/aromatic N) is 3. The summed E-state index contributed by atoms with van der Waals surface area (Å²) >= 11 is 5.79. The van der Waals surface area contributed by atoms with E-state index in [0.29, 0.717) is 18.1 Å². The second kappa shape index (κ2) is 10.8. The summed E-state index contributed by atoms with van der Waals surface area (Å²) in [4.78, 5) is 28.7. The fourth-order valence-electron chi connectivity index (χ4n) is 3.45. The number of benzene rings is 2. The van der Waals surface area contributed by atoms with Crippen LogP contribution in [-0.4, -0.2) is 75.8 Å². The minimum atomic E-state index is -3.80. The molecule has 0 spiro atoms. The van der Waals surface area contributed by atoms with Crippen LogP contribution in [0.25, 0.3) is 0 Å². The van der Waals surface area contributed by atoms with Gasteiger partial charge in [-0.05, 0) is 36.4 Å². The zero-order valence-corrected chi connectivity index (χ0v) is 19.5. The van der Waals surface area contributed by atoms with E-state index in [2.05, 4.69) is 22.3 Å². The van der Waals surface area contributed by atoms with Crippen molar-refractivity contribution in [2.24, 2.45) is 0 Å². The van der Waals surface area contributed by atoms with E-state index >= 15 is 0 Å². The number of hydrogen-bond acceptors (Lipinski definition) is 5. The van der Waals surface area contributed by atoms with E-state index in [-0.39, 0.29) is 30.3 Å². The van der Waals surface area contributed by atoms with Crippen LogP contribution in [0.3, 0.4) is 0 Å². The van der Waals surface area contributed by atoms with Crippen LogP contribution in [0.2, 0.25) is 5.02 Å². The Morgan fingerprint density at radius 1 is 1.00 bits per heavy atom. The third-order valence-corrected chi connectivity index (χ3v) is 7.37. The first-order chi connectivity index (χ1) is 15.3. The average Bonchev–Trinajstić information content (AvgIpc) is 2.80. The quantitative estimate of drug-likeness (QED) is 0.625. The maximum absolute atomic E-state index is 12.5. The molecule has 0 atom stereocenters. The number of hydrogen-bond donors (Lipinski definition) is 1. The fraction of sp³-hybridized carbons (Fsp3) is 0.364. The van der Waals surface area contributed by atoms with Gasteiger partial charge in [-0.2, -0.15) is 4.31 Å². The highest BCUT2D eigenvalue weighted by atomic mass is 35.5. The lowest BCUT2D eigenvalue weighted by Gasteiger charge is -2.36. The topological polar surface area (TPSA) is 90.0 Å². The van der Waals surface area contributed by atoms with E-state index in [0.717, 1.165) is 23.1 Å². The molecule has 1 heterocycles. The van der Waals surface area contributed by atoms with Crippen LogP contribution in [0.15, 0.2) is 59.5 Å². The molecule has 10 heteroatoms. The average molecular weight is 479 g/mol. The fourth-order valence-corrected chi connectivity index (χ4v) is 4.70. The van der Waals surface area contributed by atoms with Gasteiger partial charge in [0.25, 0.3) is 0 Å². The zero-order valence-electron chi connectivity index (χ0n) is 17.9. The molecule has 1 aliphatic heterocycles. The van der Waals surface area contributed by atoms with Gasteiger partial charge < -0.3 is 15.1 Å². The van der Waals surface area contributed by atoms with Crippen LogP contribution >= 0.6 is 11.6 Å². The van der Waals surface area contributed by atoms with Crippen molar-refractivity contribution in [1.29, 1.82) is 0 Å². The highest BCUT2D eigenvalue weighted by Gasteiger charge is 2.24. The number of carbonyl (C=O) groups excluding carboxylic acids is 2. The first kappa shape index (κ1) is 24.0. The van der Waals surface area contributed by atoms with Gasteiger partial charge in [0.1, 0.15) is 0 Å². The van der Waals surface area contributed by atoms with Crippen LogP contribution in [-0.2, 0) is 19.6 Å². The van der Waals surface area contributed by atoms with Gasteiger partial charge in [-0.1, -0.05) is 29.8 Å².